The molecule has 1 aliphatic heterocycles. The van der Waals surface area contributed by atoms with Crippen LogP contribution in [0, 0.1) is 0 Å². The van der Waals surface area contributed by atoms with Crippen LogP contribution in [-0.2, 0) is 17.6 Å². The Kier molecular flexibility index (Phi) is 3.73. The van der Waals surface area contributed by atoms with Crippen molar-refractivity contribution in [3.63, 3.8) is 0 Å². The minimum Gasteiger partial charge on any atom is -0.471 e. The van der Waals surface area contributed by atoms with Gasteiger partial charge in [-0.1, -0.05) is 5.16 Å². The molecule has 6 nitrogen and oxygen atoms in total. The fourth-order valence-corrected chi connectivity index (χ4v) is 2.71. The first-order valence-electron chi connectivity index (χ1n) is 7.03. The van der Waals surface area contributed by atoms with Crippen LogP contribution < -0.4 is 10.5 Å². The molecule has 1 aromatic rings. The quantitative estimate of drug-likeness (QED) is 0.375. The van der Waals surface area contributed by atoms with E-state index in [9.17, 15) is 0 Å². The van der Waals surface area contributed by atoms with Gasteiger partial charge >= 0.3 is 0 Å². The molecule has 2 heterocycles. The lowest BCUT2D eigenvalue weighted by atomic mass is 9.95. The number of pyridine rings is 1. The largest absolute Gasteiger partial charge is 0.471 e. The standard InChI is InChI=1S/C14H19N3O3/c15-13(17-18)11-7-9-3-1-2-4-12(9)16-14(11)20-10-5-6-19-8-10/h7,10,18H,1-6,8H2,(H2,15,17). The van der Waals surface area contributed by atoms with Crippen LogP contribution in [-0.4, -0.2) is 35.3 Å². The van der Waals surface area contributed by atoms with Crippen LogP contribution in [0.15, 0.2) is 11.2 Å². The van der Waals surface area contributed by atoms with Crippen molar-refractivity contribution >= 4 is 5.84 Å². The average Bonchev–Trinajstić information content (AvgIpc) is 2.98. The highest BCUT2D eigenvalue weighted by molar-refractivity contribution is 5.99. The predicted molar refractivity (Wildman–Crippen MR) is 73.2 cm³/mol. The number of aromatic nitrogens is 1. The molecule has 6 heteroatoms. The van der Waals surface area contributed by atoms with Gasteiger partial charge in [0.05, 0.1) is 18.8 Å². The molecule has 1 fully saturated rings. The van der Waals surface area contributed by atoms with E-state index >= 15 is 0 Å². The molecule has 1 saturated heterocycles. The van der Waals surface area contributed by atoms with Gasteiger partial charge in [-0.3, -0.25) is 0 Å². The molecule has 2 aliphatic rings. The van der Waals surface area contributed by atoms with Gasteiger partial charge < -0.3 is 20.4 Å². The summed E-state index contributed by atoms with van der Waals surface area (Å²) in [5.41, 5.74) is 8.56. The third-order valence-electron chi connectivity index (χ3n) is 3.82. The van der Waals surface area contributed by atoms with Crippen LogP contribution in [0.5, 0.6) is 5.88 Å². The molecule has 3 N–H and O–H groups in total. The second kappa shape index (κ2) is 5.66. The van der Waals surface area contributed by atoms with Gasteiger partial charge in [-0.05, 0) is 37.3 Å². The number of amidine groups is 1. The highest BCUT2D eigenvalue weighted by atomic mass is 16.5. The zero-order chi connectivity index (χ0) is 13.9. The molecule has 20 heavy (non-hydrogen) atoms. The number of fused-ring (bicyclic) bond motifs is 1. The van der Waals surface area contributed by atoms with Crippen LogP contribution >= 0.6 is 0 Å². The Morgan fingerprint density at radius 2 is 2.30 bits per heavy atom. The summed E-state index contributed by atoms with van der Waals surface area (Å²) in [4.78, 5) is 4.60. The fourth-order valence-electron chi connectivity index (χ4n) is 2.71. The zero-order valence-electron chi connectivity index (χ0n) is 11.3. The van der Waals surface area contributed by atoms with Gasteiger partial charge in [0.25, 0.3) is 0 Å². The Morgan fingerprint density at radius 1 is 1.45 bits per heavy atom. The SMILES string of the molecule is NC(=NO)c1cc2c(nc1OC1CCOC1)CCCC2. The van der Waals surface area contributed by atoms with Crippen molar-refractivity contribution < 1.29 is 14.7 Å². The number of nitrogens with zero attached hydrogens (tertiary/aromatic N) is 2. The predicted octanol–water partition coefficient (Wildman–Crippen LogP) is 1.22. The zero-order valence-corrected chi connectivity index (χ0v) is 11.3. The first-order chi connectivity index (χ1) is 9.78. The van der Waals surface area contributed by atoms with Crippen LogP contribution in [0.2, 0.25) is 0 Å². The van der Waals surface area contributed by atoms with Gasteiger partial charge in [-0.15, -0.1) is 0 Å². The Bertz CT molecular complexity index is 525. The lowest BCUT2D eigenvalue weighted by Crippen LogP contribution is -2.23. The van der Waals surface area contributed by atoms with Crippen molar-refractivity contribution in [2.75, 3.05) is 13.2 Å². The molecule has 0 amide bonds. The summed E-state index contributed by atoms with van der Waals surface area (Å²) >= 11 is 0. The smallest absolute Gasteiger partial charge is 0.225 e. The van der Waals surface area contributed by atoms with Crippen LogP contribution in [0.25, 0.3) is 0 Å². The van der Waals surface area contributed by atoms with Gasteiger partial charge in [0.2, 0.25) is 5.88 Å². The highest BCUT2D eigenvalue weighted by Crippen LogP contribution is 2.27. The van der Waals surface area contributed by atoms with E-state index in [1.54, 1.807) is 0 Å². The molecule has 1 aliphatic carbocycles. The van der Waals surface area contributed by atoms with Gasteiger partial charge in [0.1, 0.15) is 6.10 Å². The van der Waals surface area contributed by atoms with Crippen molar-refractivity contribution in [1.29, 1.82) is 0 Å². The van der Waals surface area contributed by atoms with E-state index in [0.29, 0.717) is 24.7 Å². The van der Waals surface area contributed by atoms with Crippen LogP contribution in [0.1, 0.15) is 36.1 Å². The summed E-state index contributed by atoms with van der Waals surface area (Å²) in [5, 5.41) is 12.0. The van der Waals surface area contributed by atoms with Crippen molar-refractivity contribution in [3.05, 3.63) is 22.9 Å². The summed E-state index contributed by atoms with van der Waals surface area (Å²) in [6.45, 7) is 1.27. The van der Waals surface area contributed by atoms with E-state index in [1.807, 2.05) is 6.07 Å². The molecular weight excluding hydrogens is 258 g/mol. The number of oxime groups is 1. The second-order valence-corrected chi connectivity index (χ2v) is 5.24. The minimum atomic E-state index is -0.00520. The van der Waals surface area contributed by atoms with E-state index in [4.69, 9.17) is 20.4 Å². The lowest BCUT2D eigenvalue weighted by Gasteiger charge is -2.20. The Hall–Kier alpha value is -1.82. The number of aryl methyl sites for hydroxylation is 2. The van der Waals surface area contributed by atoms with E-state index in [-0.39, 0.29) is 11.9 Å². The van der Waals surface area contributed by atoms with Crippen molar-refractivity contribution in [2.45, 2.75) is 38.2 Å². The molecule has 0 aromatic carbocycles. The van der Waals surface area contributed by atoms with E-state index in [2.05, 4.69) is 10.1 Å². The molecule has 1 atom stereocenters. The lowest BCUT2D eigenvalue weighted by molar-refractivity contribution is 0.137. The van der Waals surface area contributed by atoms with Crippen LogP contribution in [0.3, 0.4) is 0 Å². The highest BCUT2D eigenvalue weighted by Gasteiger charge is 2.23. The third-order valence-corrected chi connectivity index (χ3v) is 3.82. The topological polar surface area (TPSA) is 90.0 Å². The van der Waals surface area contributed by atoms with Crippen molar-refractivity contribution in [1.82, 2.24) is 4.98 Å². The maximum Gasteiger partial charge on any atom is 0.225 e. The molecule has 0 spiro atoms. The summed E-state index contributed by atoms with van der Waals surface area (Å²) in [6, 6.07) is 1.95. The fraction of sp³-hybridized carbons (Fsp3) is 0.571. The van der Waals surface area contributed by atoms with Gasteiger partial charge in [0.15, 0.2) is 5.84 Å². The number of hydrogen-bond donors (Lipinski definition) is 2. The average molecular weight is 277 g/mol. The van der Waals surface area contributed by atoms with Gasteiger partial charge in [0, 0.05) is 12.1 Å². The number of nitrogens with two attached hydrogens (primary N) is 1. The first kappa shape index (κ1) is 13.2. The molecular formula is C14H19N3O3. The summed E-state index contributed by atoms with van der Waals surface area (Å²) in [6.07, 6.45) is 5.09. The molecule has 0 bridgehead atoms. The normalized spacial score (nSPS) is 22.6. The molecule has 1 unspecified atom stereocenters. The molecule has 0 saturated carbocycles. The van der Waals surface area contributed by atoms with Crippen LogP contribution in [0.4, 0.5) is 0 Å². The van der Waals surface area contributed by atoms with Gasteiger partial charge in [-0.25, -0.2) is 4.98 Å². The van der Waals surface area contributed by atoms with Gasteiger partial charge in [-0.2, -0.15) is 0 Å². The molecule has 108 valence electrons. The Balaban J connectivity index is 1.96. The third kappa shape index (κ3) is 2.56. The monoisotopic (exact) mass is 277 g/mol. The van der Waals surface area contributed by atoms with E-state index in [0.717, 1.165) is 37.8 Å². The summed E-state index contributed by atoms with van der Waals surface area (Å²) in [7, 11) is 0. The number of hydrogen-bond acceptors (Lipinski definition) is 5. The molecule has 1 aromatic heterocycles. The Morgan fingerprint density at radius 3 is 3.05 bits per heavy atom. The van der Waals surface area contributed by atoms with E-state index in [1.165, 1.54) is 5.56 Å². The molecule has 3 rings (SSSR count). The minimum absolute atomic E-state index is 0.00520. The van der Waals surface area contributed by atoms with E-state index < -0.39 is 0 Å². The van der Waals surface area contributed by atoms with Crippen molar-refractivity contribution in [3.8, 4) is 5.88 Å². The number of ether oxygens (including phenoxy) is 2. The Labute approximate surface area is 117 Å². The summed E-state index contributed by atoms with van der Waals surface area (Å²) in [5.74, 6) is 0.497. The second-order valence-electron chi connectivity index (χ2n) is 5.24. The number of rotatable bonds is 3. The summed E-state index contributed by atoms with van der Waals surface area (Å²) < 4.78 is 11.2. The van der Waals surface area contributed by atoms with Crippen molar-refractivity contribution in [2.24, 2.45) is 10.9 Å². The first-order valence-corrected chi connectivity index (χ1v) is 7.03. The maximum absolute atomic E-state index is 8.93. The molecule has 0 radical (unpaired) electrons. The maximum atomic E-state index is 8.93.